The Morgan fingerprint density at radius 3 is 2.48 bits per heavy atom. The molecule has 2 aromatic carbocycles. The van der Waals surface area contributed by atoms with Gasteiger partial charge in [-0.15, -0.1) is 0 Å². The second kappa shape index (κ2) is 8.02. The number of sulfone groups is 1. The minimum atomic E-state index is -3.40. The molecule has 0 heterocycles. The summed E-state index contributed by atoms with van der Waals surface area (Å²) in [5.41, 5.74) is 3.34. The van der Waals surface area contributed by atoms with Gasteiger partial charge in [0.05, 0.1) is 16.9 Å². The first-order valence-electron chi connectivity index (χ1n) is 8.03. The van der Waals surface area contributed by atoms with Crippen molar-refractivity contribution in [2.75, 3.05) is 19.8 Å². The number of aliphatic imine (C=N–C) groups is 1. The van der Waals surface area contributed by atoms with E-state index in [2.05, 4.69) is 4.99 Å². The standard InChI is InChI=1S/C19H23ClN2O2S/c1-5-22(3)13-21-18-10-14(2)16(12-19(18)25(4,23)24)11-15-8-6-7-9-17(15)20/h6-10,12-13H,5,11H2,1-4H3. The van der Waals surface area contributed by atoms with Crippen molar-refractivity contribution in [1.29, 1.82) is 0 Å². The molecule has 0 radical (unpaired) electrons. The Bertz CT molecular complexity index is 892. The molecule has 0 bridgehead atoms. The van der Waals surface area contributed by atoms with E-state index in [1.54, 1.807) is 12.4 Å². The summed E-state index contributed by atoms with van der Waals surface area (Å²) in [4.78, 5) is 6.49. The highest BCUT2D eigenvalue weighted by atomic mass is 35.5. The predicted octanol–water partition coefficient (Wildman–Crippen LogP) is 4.25. The SMILES string of the molecule is CCN(C)C=Nc1cc(C)c(Cc2ccccc2Cl)cc1S(C)(=O)=O. The van der Waals surface area contributed by atoms with Crippen LogP contribution >= 0.6 is 11.6 Å². The zero-order chi connectivity index (χ0) is 18.6. The minimum Gasteiger partial charge on any atom is -0.366 e. The van der Waals surface area contributed by atoms with Gasteiger partial charge in [0, 0.05) is 24.9 Å². The number of rotatable bonds is 6. The van der Waals surface area contributed by atoms with E-state index in [9.17, 15) is 8.42 Å². The average Bonchev–Trinajstić information content (AvgIpc) is 2.55. The lowest BCUT2D eigenvalue weighted by molar-refractivity contribution is 0.552. The van der Waals surface area contributed by atoms with Crippen LogP contribution in [0.25, 0.3) is 0 Å². The van der Waals surface area contributed by atoms with Crippen LogP contribution in [-0.4, -0.2) is 39.5 Å². The number of benzene rings is 2. The molecule has 4 nitrogen and oxygen atoms in total. The zero-order valence-corrected chi connectivity index (χ0v) is 16.5. The Labute approximate surface area is 155 Å². The van der Waals surface area contributed by atoms with Crippen LogP contribution in [0.3, 0.4) is 0 Å². The van der Waals surface area contributed by atoms with Gasteiger partial charge in [-0.05, 0) is 55.2 Å². The quantitative estimate of drug-likeness (QED) is 0.557. The second-order valence-electron chi connectivity index (χ2n) is 6.10. The number of hydrogen-bond acceptors (Lipinski definition) is 3. The van der Waals surface area contributed by atoms with E-state index in [1.807, 2.05) is 56.1 Å². The molecule has 0 aliphatic carbocycles. The molecule has 0 atom stereocenters. The maximum Gasteiger partial charge on any atom is 0.177 e. The second-order valence-corrected chi connectivity index (χ2v) is 8.50. The van der Waals surface area contributed by atoms with Crippen molar-refractivity contribution in [3.05, 3.63) is 58.1 Å². The van der Waals surface area contributed by atoms with Gasteiger partial charge in [0.1, 0.15) is 0 Å². The van der Waals surface area contributed by atoms with Crippen molar-refractivity contribution in [2.24, 2.45) is 4.99 Å². The molecule has 2 aromatic rings. The van der Waals surface area contributed by atoms with Crippen LogP contribution in [0, 0.1) is 6.92 Å². The first-order valence-corrected chi connectivity index (χ1v) is 10.3. The molecule has 2 rings (SSSR count). The van der Waals surface area contributed by atoms with Crippen molar-refractivity contribution in [3.63, 3.8) is 0 Å². The molecular weight excluding hydrogens is 356 g/mol. The topological polar surface area (TPSA) is 49.7 Å². The van der Waals surface area contributed by atoms with E-state index >= 15 is 0 Å². The first-order chi connectivity index (χ1) is 11.7. The van der Waals surface area contributed by atoms with Crippen LogP contribution < -0.4 is 0 Å². The van der Waals surface area contributed by atoms with Gasteiger partial charge >= 0.3 is 0 Å². The molecule has 0 aliphatic rings. The molecule has 0 aromatic heterocycles. The van der Waals surface area contributed by atoms with E-state index in [1.165, 1.54) is 6.26 Å². The monoisotopic (exact) mass is 378 g/mol. The lowest BCUT2D eigenvalue weighted by atomic mass is 10.00. The fraction of sp³-hybridized carbons (Fsp3) is 0.316. The Morgan fingerprint density at radius 2 is 1.88 bits per heavy atom. The summed E-state index contributed by atoms with van der Waals surface area (Å²) in [6.07, 6.45) is 3.43. The van der Waals surface area contributed by atoms with Gasteiger partial charge < -0.3 is 4.90 Å². The molecule has 0 fully saturated rings. The Hall–Kier alpha value is -1.85. The Morgan fingerprint density at radius 1 is 1.20 bits per heavy atom. The third-order valence-corrected chi connectivity index (χ3v) is 5.54. The molecule has 0 spiro atoms. The maximum atomic E-state index is 12.2. The van der Waals surface area contributed by atoms with Crippen molar-refractivity contribution in [2.45, 2.75) is 25.2 Å². The van der Waals surface area contributed by atoms with Crippen LogP contribution in [0.5, 0.6) is 0 Å². The third-order valence-electron chi connectivity index (χ3n) is 4.05. The third kappa shape index (κ3) is 5.06. The van der Waals surface area contributed by atoms with Crippen molar-refractivity contribution in [3.8, 4) is 0 Å². The minimum absolute atomic E-state index is 0.237. The van der Waals surface area contributed by atoms with Gasteiger partial charge in [-0.3, -0.25) is 0 Å². The summed E-state index contributed by atoms with van der Waals surface area (Å²) in [5.74, 6) is 0. The summed E-state index contributed by atoms with van der Waals surface area (Å²) < 4.78 is 24.5. The molecule has 0 unspecified atom stereocenters. The molecule has 0 N–H and O–H groups in total. The number of hydrogen-bond donors (Lipinski definition) is 0. The summed E-state index contributed by atoms with van der Waals surface area (Å²) >= 11 is 6.24. The highest BCUT2D eigenvalue weighted by Gasteiger charge is 2.16. The number of aryl methyl sites for hydroxylation is 1. The Balaban J connectivity index is 2.51. The van der Waals surface area contributed by atoms with Gasteiger partial charge in [0.25, 0.3) is 0 Å². The van der Waals surface area contributed by atoms with Crippen LogP contribution in [-0.2, 0) is 16.3 Å². The van der Waals surface area contributed by atoms with Gasteiger partial charge in [-0.2, -0.15) is 0 Å². The van der Waals surface area contributed by atoms with Crippen molar-refractivity contribution in [1.82, 2.24) is 4.90 Å². The fourth-order valence-electron chi connectivity index (χ4n) is 2.39. The van der Waals surface area contributed by atoms with Crippen molar-refractivity contribution >= 4 is 33.5 Å². The molecule has 0 saturated carbocycles. The van der Waals surface area contributed by atoms with Crippen LogP contribution in [0.15, 0.2) is 46.3 Å². The van der Waals surface area contributed by atoms with Crippen LogP contribution in [0.2, 0.25) is 5.02 Å². The molecular formula is C19H23ClN2O2S. The van der Waals surface area contributed by atoms with E-state index in [-0.39, 0.29) is 4.90 Å². The summed E-state index contributed by atoms with van der Waals surface area (Å²) in [7, 11) is -1.50. The van der Waals surface area contributed by atoms with E-state index in [0.717, 1.165) is 23.2 Å². The molecule has 0 saturated heterocycles. The van der Waals surface area contributed by atoms with E-state index in [4.69, 9.17) is 11.6 Å². The Kier molecular flexibility index (Phi) is 6.25. The highest BCUT2D eigenvalue weighted by Crippen LogP contribution is 2.30. The summed E-state index contributed by atoms with van der Waals surface area (Å²) in [6.45, 7) is 4.75. The van der Waals surface area contributed by atoms with Gasteiger partial charge in [-0.25, -0.2) is 13.4 Å². The zero-order valence-electron chi connectivity index (χ0n) is 15.0. The highest BCUT2D eigenvalue weighted by molar-refractivity contribution is 7.90. The van der Waals surface area contributed by atoms with E-state index < -0.39 is 9.84 Å². The number of halogens is 1. The molecule has 134 valence electrons. The fourth-order valence-corrected chi connectivity index (χ4v) is 3.44. The van der Waals surface area contributed by atoms with Crippen LogP contribution in [0.1, 0.15) is 23.6 Å². The molecule has 25 heavy (non-hydrogen) atoms. The van der Waals surface area contributed by atoms with Gasteiger partial charge in [-0.1, -0.05) is 29.8 Å². The molecule has 6 heteroatoms. The maximum absolute atomic E-state index is 12.2. The molecule has 0 aliphatic heterocycles. The number of nitrogens with zero attached hydrogens (tertiary/aromatic N) is 2. The van der Waals surface area contributed by atoms with Crippen molar-refractivity contribution < 1.29 is 8.42 Å². The first kappa shape index (κ1) is 19.5. The van der Waals surface area contributed by atoms with Gasteiger partial charge in [0.15, 0.2) is 9.84 Å². The van der Waals surface area contributed by atoms with Crippen LogP contribution in [0.4, 0.5) is 5.69 Å². The largest absolute Gasteiger partial charge is 0.366 e. The summed E-state index contributed by atoms with van der Waals surface area (Å²) in [5, 5.41) is 0.675. The predicted molar refractivity (Wildman–Crippen MR) is 105 cm³/mol. The smallest absolute Gasteiger partial charge is 0.177 e. The lowest BCUT2D eigenvalue weighted by Crippen LogP contribution is -2.14. The summed E-state index contributed by atoms with van der Waals surface area (Å²) in [6, 6.07) is 11.1. The van der Waals surface area contributed by atoms with E-state index in [0.29, 0.717) is 17.1 Å². The molecule has 0 amide bonds. The lowest BCUT2D eigenvalue weighted by Gasteiger charge is -2.13. The van der Waals surface area contributed by atoms with Gasteiger partial charge in [0.2, 0.25) is 0 Å². The average molecular weight is 379 g/mol. The normalized spacial score (nSPS) is 11.9.